The lowest BCUT2D eigenvalue weighted by Gasteiger charge is -2.28. The van der Waals surface area contributed by atoms with Crippen LogP contribution >= 0.6 is 0 Å². The summed E-state index contributed by atoms with van der Waals surface area (Å²) in [6.45, 7) is 5.59. The van der Waals surface area contributed by atoms with Gasteiger partial charge in [-0.2, -0.15) is 0 Å². The molecule has 1 rings (SSSR count). The van der Waals surface area contributed by atoms with Gasteiger partial charge in [0.15, 0.2) is 0 Å². The van der Waals surface area contributed by atoms with Gasteiger partial charge in [-0.3, -0.25) is 9.59 Å². The van der Waals surface area contributed by atoms with Crippen molar-refractivity contribution in [2.75, 3.05) is 13.1 Å². The van der Waals surface area contributed by atoms with E-state index in [0.717, 1.165) is 37.1 Å². The normalized spacial score (nSPS) is 18.9. The monoisotopic (exact) mass is 221 g/mol. The summed E-state index contributed by atoms with van der Waals surface area (Å²) in [6.07, 6.45) is 6.75. The molecular formula is C13H19NO2. The Hall–Kier alpha value is -1.38. The van der Waals surface area contributed by atoms with Crippen molar-refractivity contribution in [3.05, 3.63) is 23.4 Å². The Bertz CT molecular complexity index is 319. The fourth-order valence-corrected chi connectivity index (χ4v) is 1.68. The molecule has 0 aromatic heterocycles. The molecule has 0 N–H and O–H groups in total. The molecule has 3 heteroatoms. The fourth-order valence-electron chi connectivity index (χ4n) is 1.68. The molecule has 0 saturated carbocycles. The standard InChI is InChI=1S/C13H19NO2/c1-3-12(10-15)5-4-11(2)14-8-6-13(16)7-9-14/h4-5,10H,3,6-9H2,1-2H3/b11-4+,12-5+. The van der Waals surface area contributed by atoms with Gasteiger partial charge in [0.05, 0.1) is 0 Å². The second-order valence-corrected chi connectivity index (χ2v) is 4.05. The number of carbonyl (C=O) groups is 2. The van der Waals surface area contributed by atoms with Crippen LogP contribution in [0.2, 0.25) is 0 Å². The number of piperidine rings is 1. The number of likely N-dealkylation sites (tertiary alicyclic amines) is 1. The van der Waals surface area contributed by atoms with Crippen LogP contribution in [0.15, 0.2) is 23.4 Å². The molecule has 0 amide bonds. The minimum Gasteiger partial charge on any atom is -0.374 e. The summed E-state index contributed by atoms with van der Waals surface area (Å²) in [5, 5.41) is 0. The summed E-state index contributed by atoms with van der Waals surface area (Å²) in [6, 6.07) is 0. The van der Waals surface area contributed by atoms with Crippen molar-refractivity contribution in [3.63, 3.8) is 0 Å². The third kappa shape index (κ3) is 3.65. The fraction of sp³-hybridized carbons (Fsp3) is 0.538. The molecule has 0 spiro atoms. The van der Waals surface area contributed by atoms with E-state index in [1.54, 1.807) is 0 Å². The molecule has 1 aliphatic rings. The second kappa shape index (κ2) is 6.26. The molecule has 3 nitrogen and oxygen atoms in total. The van der Waals surface area contributed by atoms with E-state index in [1.165, 1.54) is 0 Å². The number of hydrogen-bond acceptors (Lipinski definition) is 3. The molecule has 88 valence electrons. The Morgan fingerprint density at radius 1 is 1.31 bits per heavy atom. The van der Waals surface area contributed by atoms with Crippen molar-refractivity contribution in [2.24, 2.45) is 0 Å². The molecule has 1 aliphatic heterocycles. The summed E-state index contributed by atoms with van der Waals surface area (Å²) in [5.74, 6) is 0.349. The Kier molecular flexibility index (Phi) is 4.96. The second-order valence-electron chi connectivity index (χ2n) is 4.05. The minimum atomic E-state index is 0.349. The van der Waals surface area contributed by atoms with Gasteiger partial charge >= 0.3 is 0 Å². The zero-order valence-electron chi connectivity index (χ0n) is 10.0. The average Bonchev–Trinajstić information content (AvgIpc) is 2.31. The van der Waals surface area contributed by atoms with Gasteiger partial charge in [0.2, 0.25) is 0 Å². The molecule has 16 heavy (non-hydrogen) atoms. The van der Waals surface area contributed by atoms with Crippen LogP contribution in [0.25, 0.3) is 0 Å². The van der Waals surface area contributed by atoms with Crippen molar-refractivity contribution in [1.82, 2.24) is 4.90 Å². The summed E-state index contributed by atoms with van der Waals surface area (Å²) >= 11 is 0. The van der Waals surface area contributed by atoms with Crippen molar-refractivity contribution >= 4 is 12.1 Å². The number of rotatable bonds is 4. The largest absolute Gasteiger partial charge is 0.374 e. The summed E-state index contributed by atoms with van der Waals surface area (Å²) in [7, 11) is 0. The van der Waals surface area contributed by atoms with Crippen LogP contribution in [0.4, 0.5) is 0 Å². The minimum absolute atomic E-state index is 0.349. The van der Waals surface area contributed by atoms with E-state index < -0.39 is 0 Å². The number of Topliss-reactive ketones (excluding diaryl/α,β-unsaturated/α-hetero) is 1. The Morgan fingerprint density at radius 3 is 2.44 bits per heavy atom. The predicted octanol–water partition coefficient (Wildman–Crippen LogP) is 2.09. The average molecular weight is 221 g/mol. The van der Waals surface area contributed by atoms with Crippen LogP contribution in [0.1, 0.15) is 33.1 Å². The van der Waals surface area contributed by atoms with E-state index in [-0.39, 0.29) is 0 Å². The molecule has 0 atom stereocenters. The summed E-state index contributed by atoms with van der Waals surface area (Å²) in [5.41, 5.74) is 1.92. The molecule has 0 unspecified atom stereocenters. The first-order chi connectivity index (χ1) is 7.67. The number of aldehydes is 1. The van der Waals surface area contributed by atoms with Gasteiger partial charge in [0.1, 0.15) is 12.1 Å². The zero-order valence-corrected chi connectivity index (χ0v) is 10.0. The Balaban J connectivity index is 2.59. The molecule has 1 saturated heterocycles. The smallest absolute Gasteiger partial charge is 0.146 e. The molecule has 0 bridgehead atoms. The van der Waals surface area contributed by atoms with E-state index in [2.05, 4.69) is 4.90 Å². The third-order valence-electron chi connectivity index (χ3n) is 2.92. The first-order valence-electron chi connectivity index (χ1n) is 5.76. The number of allylic oxidation sites excluding steroid dienone is 4. The molecule has 0 aromatic carbocycles. The van der Waals surface area contributed by atoms with Crippen LogP contribution in [0.3, 0.4) is 0 Å². The van der Waals surface area contributed by atoms with E-state index in [1.807, 2.05) is 26.0 Å². The zero-order chi connectivity index (χ0) is 12.0. The molecule has 0 radical (unpaired) electrons. The third-order valence-corrected chi connectivity index (χ3v) is 2.92. The number of hydrogen-bond donors (Lipinski definition) is 0. The van der Waals surface area contributed by atoms with Crippen molar-refractivity contribution in [3.8, 4) is 0 Å². The Labute approximate surface area is 96.8 Å². The van der Waals surface area contributed by atoms with Gasteiger partial charge in [-0.15, -0.1) is 0 Å². The SMILES string of the molecule is CC/C(C=O)=C\C=C(/C)N1CCC(=O)CC1. The number of carbonyl (C=O) groups excluding carboxylic acids is 2. The van der Waals surface area contributed by atoms with Gasteiger partial charge < -0.3 is 4.90 Å². The van der Waals surface area contributed by atoms with Crippen LogP contribution in [0.5, 0.6) is 0 Å². The summed E-state index contributed by atoms with van der Waals surface area (Å²) in [4.78, 5) is 23.9. The lowest BCUT2D eigenvalue weighted by Crippen LogP contribution is -2.32. The van der Waals surface area contributed by atoms with Gasteiger partial charge in [-0.1, -0.05) is 13.0 Å². The maximum absolute atomic E-state index is 11.1. The molecular weight excluding hydrogens is 202 g/mol. The topological polar surface area (TPSA) is 37.4 Å². The maximum atomic E-state index is 11.1. The first-order valence-corrected chi connectivity index (χ1v) is 5.76. The summed E-state index contributed by atoms with van der Waals surface area (Å²) < 4.78 is 0. The van der Waals surface area contributed by atoms with Crippen molar-refractivity contribution in [2.45, 2.75) is 33.1 Å². The number of nitrogens with zero attached hydrogens (tertiary/aromatic N) is 1. The quantitative estimate of drug-likeness (QED) is 0.414. The van der Waals surface area contributed by atoms with Crippen LogP contribution in [-0.2, 0) is 9.59 Å². The van der Waals surface area contributed by atoms with E-state index in [9.17, 15) is 9.59 Å². The maximum Gasteiger partial charge on any atom is 0.146 e. The lowest BCUT2D eigenvalue weighted by atomic mass is 10.1. The highest BCUT2D eigenvalue weighted by atomic mass is 16.1. The highest BCUT2D eigenvalue weighted by molar-refractivity contribution is 5.79. The van der Waals surface area contributed by atoms with Gasteiger partial charge in [-0.05, 0) is 25.0 Å². The first kappa shape index (κ1) is 12.7. The highest BCUT2D eigenvalue weighted by Crippen LogP contribution is 2.12. The van der Waals surface area contributed by atoms with Crippen LogP contribution in [0, 0.1) is 0 Å². The lowest BCUT2D eigenvalue weighted by molar-refractivity contribution is -0.121. The van der Waals surface area contributed by atoms with E-state index >= 15 is 0 Å². The van der Waals surface area contributed by atoms with Gasteiger partial charge in [-0.25, -0.2) is 0 Å². The van der Waals surface area contributed by atoms with E-state index in [0.29, 0.717) is 18.6 Å². The predicted molar refractivity (Wildman–Crippen MR) is 64.0 cm³/mol. The molecule has 0 aromatic rings. The van der Waals surface area contributed by atoms with Crippen LogP contribution < -0.4 is 0 Å². The van der Waals surface area contributed by atoms with Gasteiger partial charge in [0.25, 0.3) is 0 Å². The highest BCUT2D eigenvalue weighted by Gasteiger charge is 2.15. The molecule has 1 fully saturated rings. The molecule has 0 aliphatic carbocycles. The van der Waals surface area contributed by atoms with Crippen molar-refractivity contribution < 1.29 is 9.59 Å². The van der Waals surface area contributed by atoms with Gasteiger partial charge in [0, 0.05) is 31.6 Å². The Morgan fingerprint density at radius 2 is 1.94 bits per heavy atom. The van der Waals surface area contributed by atoms with Crippen LogP contribution in [-0.4, -0.2) is 30.1 Å². The molecule has 1 heterocycles. The number of ketones is 1. The van der Waals surface area contributed by atoms with E-state index in [4.69, 9.17) is 0 Å². The van der Waals surface area contributed by atoms with Crippen molar-refractivity contribution in [1.29, 1.82) is 0 Å².